The topological polar surface area (TPSA) is 37.3 Å². The molecule has 0 unspecified atom stereocenters. The van der Waals surface area contributed by atoms with Crippen molar-refractivity contribution in [3.8, 4) is 0 Å². The fraction of sp³-hybridized carbons (Fsp3) is 0.727. The number of hydrogen-bond acceptors (Lipinski definition) is 1. The Morgan fingerprint density at radius 2 is 1.92 bits per heavy atom. The standard InChI is InChI=1S/C6H12O2.C5H10/c1-2-3-4-5-6(7)8;1-3-5-4-2/h2-5H2,1H3,(H,7,8);3,5H,4H2,1-2H3. The van der Waals surface area contributed by atoms with Gasteiger partial charge in [-0.3, -0.25) is 4.79 Å². The van der Waals surface area contributed by atoms with E-state index in [9.17, 15) is 4.79 Å². The molecule has 0 aliphatic rings. The first-order valence-corrected chi connectivity index (χ1v) is 5.01. The Balaban J connectivity index is 0. The number of hydrogen-bond donors (Lipinski definition) is 1. The van der Waals surface area contributed by atoms with Gasteiger partial charge in [-0.2, -0.15) is 0 Å². The highest BCUT2D eigenvalue weighted by Gasteiger charge is 1.92. The molecule has 0 aromatic heterocycles. The van der Waals surface area contributed by atoms with Gasteiger partial charge in [-0.15, -0.1) is 0 Å². The first-order valence-electron chi connectivity index (χ1n) is 5.01. The average molecular weight is 186 g/mol. The highest BCUT2D eigenvalue weighted by atomic mass is 16.4. The van der Waals surface area contributed by atoms with E-state index in [2.05, 4.69) is 26.0 Å². The summed E-state index contributed by atoms with van der Waals surface area (Å²) in [5.41, 5.74) is 0. The van der Waals surface area contributed by atoms with Crippen LogP contribution in [0.4, 0.5) is 0 Å². The maximum absolute atomic E-state index is 9.87. The number of carboxylic acids is 1. The molecule has 0 heterocycles. The van der Waals surface area contributed by atoms with E-state index >= 15 is 0 Å². The molecule has 0 aromatic carbocycles. The lowest BCUT2D eigenvalue weighted by atomic mass is 10.2. The van der Waals surface area contributed by atoms with E-state index in [1.165, 1.54) is 0 Å². The van der Waals surface area contributed by atoms with Crippen molar-refractivity contribution in [2.75, 3.05) is 0 Å². The lowest BCUT2D eigenvalue weighted by Crippen LogP contribution is -1.92. The molecule has 0 aliphatic carbocycles. The molecule has 0 saturated heterocycles. The Hall–Kier alpha value is -0.790. The summed E-state index contributed by atoms with van der Waals surface area (Å²) >= 11 is 0. The Morgan fingerprint density at radius 1 is 1.31 bits per heavy atom. The zero-order valence-electron chi connectivity index (χ0n) is 9.05. The van der Waals surface area contributed by atoms with E-state index in [1.54, 1.807) is 0 Å². The summed E-state index contributed by atoms with van der Waals surface area (Å²) in [5.74, 6) is -0.682. The van der Waals surface area contributed by atoms with Gasteiger partial charge >= 0.3 is 5.97 Å². The van der Waals surface area contributed by atoms with Crippen LogP contribution < -0.4 is 0 Å². The lowest BCUT2D eigenvalue weighted by molar-refractivity contribution is -0.137. The second-order valence-corrected chi connectivity index (χ2v) is 2.83. The first kappa shape index (κ1) is 14.7. The van der Waals surface area contributed by atoms with Gasteiger partial charge in [-0.25, -0.2) is 0 Å². The Morgan fingerprint density at radius 3 is 2.15 bits per heavy atom. The van der Waals surface area contributed by atoms with E-state index in [0.29, 0.717) is 6.42 Å². The molecule has 0 atom stereocenters. The Labute approximate surface area is 81.7 Å². The van der Waals surface area contributed by atoms with Gasteiger partial charge in [0, 0.05) is 6.42 Å². The number of aliphatic carboxylic acids is 1. The number of unbranched alkanes of at least 4 members (excludes halogenated alkanes) is 2. The maximum atomic E-state index is 9.87. The molecule has 0 amide bonds. The second kappa shape index (κ2) is 13.8. The van der Waals surface area contributed by atoms with Gasteiger partial charge in [0.05, 0.1) is 0 Å². The van der Waals surface area contributed by atoms with Crippen molar-refractivity contribution in [2.24, 2.45) is 0 Å². The van der Waals surface area contributed by atoms with Crippen LogP contribution in [0.5, 0.6) is 0 Å². The van der Waals surface area contributed by atoms with E-state index in [0.717, 1.165) is 25.7 Å². The molecule has 0 radical (unpaired) electrons. The molecular weight excluding hydrogens is 164 g/mol. The Bertz CT molecular complexity index is 128. The van der Waals surface area contributed by atoms with Crippen LogP contribution in [0.3, 0.4) is 0 Å². The van der Waals surface area contributed by atoms with Gasteiger partial charge in [0.25, 0.3) is 0 Å². The van der Waals surface area contributed by atoms with E-state index in [4.69, 9.17) is 5.11 Å². The van der Waals surface area contributed by atoms with Crippen molar-refractivity contribution in [3.05, 3.63) is 12.2 Å². The molecular formula is C11H22O2. The monoisotopic (exact) mass is 186 g/mol. The first-order chi connectivity index (χ1) is 6.18. The highest BCUT2D eigenvalue weighted by Crippen LogP contribution is 1.97. The minimum atomic E-state index is -0.682. The van der Waals surface area contributed by atoms with Gasteiger partial charge < -0.3 is 5.11 Å². The third kappa shape index (κ3) is 24.7. The van der Waals surface area contributed by atoms with E-state index < -0.39 is 5.97 Å². The highest BCUT2D eigenvalue weighted by molar-refractivity contribution is 5.66. The van der Waals surface area contributed by atoms with Gasteiger partial charge in [-0.1, -0.05) is 38.8 Å². The van der Waals surface area contributed by atoms with Crippen LogP contribution in [0.2, 0.25) is 0 Å². The molecule has 13 heavy (non-hydrogen) atoms. The summed E-state index contributed by atoms with van der Waals surface area (Å²) in [6, 6.07) is 0. The SMILES string of the molecule is CC=CCC.CCCCCC(=O)O. The van der Waals surface area contributed by atoms with Crippen molar-refractivity contribution in [2.45, 2.75) is 52.9 Å². The number of allylic oxidation sites excluding steroid dienone is 2. The van der Waals surface area contributed by atoms with Crippen LogP contribution in [0, 0.1) is 0 Å². The van der Waals surface area contributed by atoms with Crippen LogP contribution in [0.15, 0.2) is 12.2 Å². The number of carbonyl (C=O) groups is 1. The second-order valence-electron chi connectivity index (χ2n) is 2.83. The quantitative estimate of drug-likeness (QED) is 0.526. The Kier molecular flexibility index (Phi) is 15.6. The summed E-state index contributed by atoms with van der Waals surface area (Å²) in [7, 11) is 0. The molecule has 0 saturated carbocycles. The van der Waals surface area contributed by atoms with E-state index in [1.807, 2.05) is 6.92 Å². The predicted molar refractivity (Wildman–Crippen MR) is 56.9 cm³/mol. The molecule has 2 heteroatoms. The van der Waals surface area contributed by atoms with Crippen LogP contribution in [0.25, 0.3) is 0 Å². The largest absolute Gasteiger partial charge is 0.481 e. The normalized spacial score (nSPS) is 9.46. The van der Waals surface area contributed by atoms with Gasteiger partial charge in [0.2, 0.25) is 0 Å². The third-order valence-electron chi connectivity index (χ3n) is 1.47. The summed E-state index contributed by atoms with van der Waals surface area (Å²) in [6.45, 7) is 6.21. The zero-order chi connectivity index (χ0) is 10.5. The van der Waals surface area contributed by atoms with Gasteiger partial charge in [-0.05, 0) is 19.8 Å². The number of rotatable bonds is 5. The van der Waals surface area contributed by atoms with Crippen molar-refractivity contribution in [1.29, 1.82) is 0 Å². The van der Waals surface area contributed by atoms with Crippen LogP contribution >= 0.6 is 0 Å². The minimum Gasteiger partial charge on any atom is -0.481 e. The number of carboxylic acid groups (broad SMARTS) is 1. The fourth-order valence-corrected chi connectivity index (χ4v) is 0.762. The molecule has 0 aliphatic heterocycles. The molecule has 0 rings (SSSR count). The van der Waals surface area contributed by atoms with Crippen molar-refractivity contribution >= 4 is 5.97 Å². The molecule has 0 spiro atoms. The molecule has 2 nitrogen and oxygen atoms in total. The summed E-state index contributed by atoms with van der Waals surface area (Å²) in [4.78, 5) is 9.87. The fourth-order valence-electron chi connectivity index (χ4n) is 0.762. The average Bonchev–Trinajstić information content (AvgIpc) is 2.07. The summed E-state index contributed by atoms with van der Waals surface area (Å²) < 4.78 is 0. The summed E-state index contributed by atoms with van der Waals surface area (Å²) in [5, 5.41) is 8.14. The summed E-state index contributed by atoms with van der Waals surface area (Å²) in [6.07, 6.45) is 8.62. The van der Waals surface area contributed by atoms with Gasteiger partial charge in [0.15, 0.2) is 0 Å². The molecule has 78 valence electrons. The predicted octanol–water partition coefficient (Wildman–Crippen LogP) is 3.62. The van der Waals surface area contributed by atoms with Crippen molar-refractivity contribution in [3.63, 3.8) is 0 Å². The zero-order valence-corrected chi connectivity index (χ0v) is 9.05. The van der Waals surface area contributed by atoms with Crippen molar-refractivity contribution < 1.29 is 9.90 Å². The molecule has 0 bridgehead atoms. The van der Waals surface area contributed by atoms with Crippen molar-refractivity contribution in [1.82, 2.24) is 0 Å². The van der Waals surface area contributed by atoms with Crippen LogP contribution in [-0.4, -0.2) is 11.1 Å². The maximum Gasteiger partial charge on any atom is 0.303 e. The molecule has 1 N–H and O–H groups in total. The van der Waals surface area contributed by atoms with Crippen LogP contribution in [0.1, 0.15) is 52.9 Å². The lowest BCUT2D eigenvalue weighted by Gasteiger charge is -1.89. The van der Waals surface area contributed by atoms with E-state index in [-0.39, 0.29) is 0 Å². The smallest absolute Gasteiger partial charge is 0.303 e. The van der Waals surface area contributed by atoms with Gasteiger partial charge in [0.1, 0.15) is 0 Å². The van der Waals surface area contributed by atoms with Crippen LogP contribution in [-0.2, 0) is 4.79 Å². The molecule has 0 fully saturated rings. The minimum absolute atomic E-state index is 0.327. The third-order valence-corrected chi connectivity index (χ3v) is 1.47. The molecule has 0 aromatic rings.